The Hall–Kier alpha value is -1.05. The first-order chi connectivity index (χ1) is 7.95. The first-order valence-electron chi connectivity index (χ1n) is 5.20. The minimum Gasteiger partial charge on any atom is -0.319 e. The van der Waals surface area contributed by atoms with E-state index in [0.29, 0.717) is 13.1 Å². The number of pyridine rings is 1. The van der Waals surface area contributed by atoms with E-state index in [4.69, 9.17) is 0 Å². The smallest absolute Gasteiger partial charge is 0.242 e. The van der Waals surface area contributed by atoms with Crippen molar-refractivity contribution in [3.05, 3.63) is 24.3 Å². The zero-order chi connectivity index (χ0) is 12.9. The van der Waals surface area contributed by atoms with Crippen LogP contribution in [0.3, 0.4) is 0 Å². The summed E-state index contributed by atoms with van der Waals surface area (Å²) in [5.74, 6) is -0.521. The fraction of sp³-hybridized carbons (Fsp3) is 0.500. The van der Waals surface area contributed by atoms with E-state index in [1.165, 1.54) is 0 Å². The summed E-state index contributed by atoms with van der Waals surface area (Å²) in [6, 6.07) is 0.943. The van der Waals surface area contributed by atoms with Gasteiger partial charge in [0, 0.05) is 12.7 Å². The molecule has 0 fully saturated rings. The molecule has 1 atom stereocenters. The third kappa shape index (κ3) is 4.37. The Balaban J connectivity index is 2.69. The lowest BCUT2D eigenvalue weighted by Gasteiger charge is -2.12. The monoisotopic (exact) mass is 261 g/mol. The molecule has 1 aromatic rings. The van der Waals surface area contributed by atoms with E-state index in [9.17, 15) is 12.8 Å². The number of nitrogens with one attached hydrogen (secondary N) is 2. The molecule has 0 aromatic carbocycles. The molecule has 0 aliphatic carbocycles. The summed E-state index contributed by atoms with van der Waals surface area (Å²) in [5.41, 5.74) is 0. The number of aromatic nitrogens is 1. The van der Waals surface area contributed by atoms with Crippen LogP contribution < -0.4 is 10.0 Å². The van der Waals surface area contributed by atoms with Crippen molar-refractivity contribution < 1.29 is 12.8 Å². The van der Waals surface area contributed by atoms with E-state index >= 15 is 0 Å². The third-order valence-electron chi connectivity index (χ3n) is 2.16. The van der Waals surface area contributed by atoms with Crippen LogP contribution in [0.15, 0.2) is 23.4 Å². The summed E-state index contributed by atoms with van der Waals surface area (Å²) >= 11 is 0. The van der Waals surface area contributed by atoms with Gasteiger partial charge in [-0.3, -0.25) is 4.98 Å². The molecule has 0 amide bonds. The summed E-state index contributed by atoms with van der Waals surface area (Å²) in [6.45, 7) is 2.90. The van der Waals surface area contributed by atoms with Gasteiger partial charge in [-0.25, -0.2) is 17.5 Å². The van der Waals surface area contributed by atoms with Gasteiger partial charge in [0.1, 0.15) is 10.7 Å². The fourth-order valence-electron chi connectivity index (χ4n) is 1.30. The first-order valence-corrected chi connectivity index (χ1v) is 6.69. The summed E-state index contributed by atoms with van der Waals surface area (Å²) < 4.78 is 38.8. The molecule has 0 bridgehead atoms. The highest BCUT2D eigenvalue weighted by Gasteiger charge is 2.15. The molecule has 1 aromatic heterocycles. The predicted octanol–water partition coefficient (Wildman–Crippen LogP) is 0.355. The Morgan fingerprint density at radius 2 is 2.12 bits per heavy atom. The fourth-order valence-corrected chi connectivity index (χ4v) is 2.43. The standard InChI is InChI=1S/C10H16FN3O2S/c1-8(4-12-2)5-14-17(15,16)10-3-9(11)6-13-7-10/h3,6-8,12,14H,4-5H2,1-2H3. The van der Waals surface area contributed by atoms with E-state index in [1.54, 1.807) is 7.05 Å². The van der Waals surface area contributed by atoms with Gasteiger partial charge >= 0.3 is 0 Å². The molecule has 0 radical (unpaired) electrons. The molecule has 96 valence electrons. The molecule has 0 spiro atoms. The van der Waals surface area contributed by atoms with Crippen molar-refractivity contribution in [1.29, 1.82) is 0 Å². The van der Waals surface area contributed by atoms with Crippen molar-refractivity contribution in [1.82, 2.24) is 15.0 Å². The summed E-state index contributed by atoms with van der Waals surface area (Å²) in [4.78, 5) is 3.35. The number of halogens is 1. The number of rotatable bonds is 6. The molecule has 1 rings (SSSR count). The lowest BCUT2D eigenvalue weighted by molar-refractivity contribution is 0.518. The summed E-state index contributed by atoms with van der Waals surface area (Å²) in [5, 5.41) is 2.95. The van der Waals surface area contributed by atoms with Gasteiger partial charge in [0.25, 0.3) is 0 Å². The van der Waals surface area contributed by atoms with Gasteiger partial charge in [0.2, 0.25) is 10.0 Å². The van der Waals surface area contributed by atoms with E-state index in [0.717, 1.165) is 18.5 Å². The first kappa shape index (κ1) is 14.0. The highest BCUT2D eigenvalue weighted by atomic mass is 32.2. The molecule has 7 heteroatoms. The number of nitrogens with zero attached hydrogens (tertiary/aromatic N) is 1. The van der Waals surface area contributed by atoms with Crippen LogP contribution >= 0.6 is 0 Å². The van der Waals surface area contributed by atoms with Crippen molar-refractivity contribution in [2.75, 3.05) is 20.1 Å². The van der Waals surface area contributed by atoms with Gasteiger partial charge in [-0.2, -0.15) is 0 Å². The van der Waals surface area contributed by atoms with Gasteiger partial charge in [-0.15, -0.1) is 0 Å². The van der Waals surface area contributed by atoms with Gasteiger partial charge in [-0.05, 0) is 25.6 Å². The highest BCUT2D eigenvalue weighted by Crippen LogP contribution is 2.08. The molecular formula is C10H16FN3O2S. The predicted molar refractivity (Wildman–Crippen MR) is 62.5 cm³/mol. The largest absolute Gasteiger partial charge is 0.319 e. The van der Waals surface area contributed by atoms with Crippen molar-refractivity contribution in [2.45, 2.75) is 11.8 Å². The lowest BCUT2D eigenvalue weighted by atomic mass is 10.2. The van der Waals surface area contributed by atoms with Crippen molar-refractivity contribution in [3.8, 4) is 0 Å². The maximum Gasteiger partial charge on any atom is 0.242 e. The Kier molecular flexibility index (Phi) is 4.98. The Bertz CT molecular complexity index is 464. The van der Waals surface area contributed by atoms with Crippen LogP contribution in [0, 0.1) is 11.7 Å². The van der Waals surface area contributed by atoms with E-state index in [2.05, 4.69) is 15.0 Å². The van der Waals surface area contributed by atoms with Crippen LogP contribution in [0.25, 0.3) is 0 Å². The molecule has 0 aliphatic heterocycles. The maximum atomic E-state index is 12.9. The number of hydrogen-bond donors (Lipinski definition) is 2. The Morgan fingerprint density at radius 1 is 1.41 bits per heavy atom. The Morgan fingerprint density at radius 3 is 2.71 bits per heavy atom. The SMILES string of the molecule is CNCC(C)CNS(=O)(=O)c1cncc(F)c1. The van der Waals surface area contributed by atoms with Gasteiger partial charge in [0.15, 0.2) is 0 Å². The topological polar surface area (TPSA) is 71.1 Å². The second kappa shape index (κ2) is 6.04. The summed E-state index contributed by atoms with van der Waals surface area (Å²) in [6.07, 6.45) is 2.08. The average Bonchev–Trinajstić information content (AvgIpc) is 2.27. The molecule has 17 heavy (non-hydrogen) atoms. The quantitative estimate of drug-likeness (QED) is 0.775. The van der Waals surface area contributed by atoms with Crippen LogP contribution in [-0.4, -0.2) is 33.5 Å². The normalized spacial score (nSPS) is 13.6. The van der Waals surface area contributed by atoms with E-state index < -0.39 is 15.8 Å². The second-order valence-corrected chi connectivity index (χ2v) is 5.62. The van der Waals surface area contributed by atoms with Crippen LogP contribution in [0.5, 0.6) is 0 Å². The summed E-state index contributed by atoms with van der Waals surface area (Å²) in [7, 11) is -1.88. The molecular weight excluding hydrogens is 245 g/mol. The van der Waals surface area contributed by atoms with Gasteiger partial charge < -0.3 is 5.32 Å². The van der Waals surface area contributed by atoms with Crippen molar-refractivity contribution in [2.24, 2.45) is 5.92 Å². The van der Waals surface area contributed by atoms with E-state index in [1.807, 2.05) is 6.92 Å². The van der Waals surface area contributed by atoms with Crippen molar-refractivity contribution in [3.63, 3.8) is 0 Å². The molecule has 0 saturated heterocycles. The van der Waals surface area contributed by atoms with Crippen LogP contribution in [0.4, 0.5) is 4.39 Å². The van der Waals surface area contributed by atoms with Crippen molar-refractivity contribution >= 4 is 10.0 Å². The van der Waals surface area contributed by atoms with Crippen LogP contribution in [0.2, 0.25) is 0 Å². The third-order valence-corrected chi connectivity index (χ3v) is 3.56. The maximum absolute atomic E-state index is 12.9. The minimum absolute atomic E-state index is 0.149. The zero-order valence-electron chi connectivity index (χ0n) is 9.77. The molecule has 5 nitrogen and oxygen atoms in total. The van der Waals surface area contributed by atoms with Gasteiger partial charge in [-0.1, -0.05) is 6.92 Å². The average molecular weight is 261 g/mol. The number of hydrogen-bond acceptors (Lipinski definition) is 4. The molecule has 2 N–H and O–H groups in total. The molecule has 0 aliphatic rings. The zero-order valence-corrected chi connectivity index (χ0v) is 10.6. The minimum atomic E-state index is -3.68. The van der Waals surface area contributed by atoms with E-state index in [-0.39, 0.29) is 10.8 Å². The van der Waals surface area contributed by atoms with Gasteiger partial charge in [0.05, 0.1) is 6.20 Å². The Labute approximate surface area is 101 Å². The second-order valence-electron chi connectivity index (χ2n) is 3.85. The van der Waals surface area contributed by atoms with Crippen LogP contribution in [0.1, 0.15) is 6.92 Å². The molecule has 1 heterocycles. The van der Waals surface area contributed by atoms with Crippen LogP contribution in [-0.2, 0) is 10.0 Å². The molecule has 1 unspecified atom stereocenters. The highest BCUT2D eigenvalue weighted by molar-refractivity contribution is 7.89. The molecule has 0 saturated carbocycles. The number of sulfonamides is 1. The lowest BCUT2D eigenvalue weighted by Crippen LogP contribution is -2.32.